The summed E-state index contributed by atoms with van der Waals surface area (Å²) < 4.78 is 15.1. The van der Waals surface area contributed by atoms with E-state index in [0.29, 0.717) is 19.6 Å². The van der Waals surface area contributed by atoms with Crippen LogP contribution in [0.15, 0.2) is 18.2 Å². The van der Waals surface area contributed by atoms with Crippen LogP contribution < -0.4 is 20.4 Å². The minimum atomic E-state index is -0.565. The summed E-state index contributed by atoms with van der Waals surface area (Å²) in [6.07, 6.45) is -1.94. The molecule has 10 heteroatoms. The molecule has 0 spiro atoms. The second-order valence-corrected chi connectivity index (χ2v) is 7.06. The van der Waals surface area contributed by atoms with E-state index >= 15 is 0 Å². The Hall–Kier alpha value is -3.17. The van der Waals surface area contributed by atoms with E-state index in [4.69, 9.17) is 9.47 Å². The van der Waals surface area contributed by atoms with Gasteiger partial charge in [0.05, 0.1) is 32.8 Å². The van der Waals surface area contributed by atoms with Gasteiger partial charge in [-0.15, -0.1) is 0 Å². The number of methoxy groups -OCH3 is 1. The molecule has 0 saturated carbocycles. The quantitative estimate of drug-likeness (QED) is 0.738. The number of aryl methyl sites for hydroxylation is 1. The van der Waals surface area contributed by atoms with Crippen molar-refractivity contribution in [3.63, 3.8) is 0 Å². The van der Waals surface area contributed by atoms with Crippen molar-refractivity contribution in [3.05, 3.63) is 23.8 Å². The van der Waals surface area contributed by atoms with Gasteiger partial charge in [-0.3, -0.25) is 4.90 Å². The molecule has 4 rings (SSSR count). The molecular formula is C18H22N4O6. The first kappa shape index (κ1) is 18.2. The Balaban J connectivity index is 1.41. The van der Waals surface area contributed by atoms with Gasteiger partial charge < -0.3 is 29.7 Å². The fourth-order valence-electron chi connectivity index (χ4n) is 3.82. The number of alkyl carbamates (subject to hydrolysis) is 2. The van der Waals surface area contributed by atoms with E-state index in [1.807, 2.05) is 25.1 Å². The van der Waals surface area contributed by atoms with Crippen molar-refractivity contribution in [1.82, 2.24) is 10.6 Å². The van der Waals surface area contributed by atoms with E-state index in [2.05, 4.69) is 20.3 Å². The Morgan fingerprint density at radius 3 is 2.82 bits per heavy atom. The van der Waals surface area contributed by atoms with Crippen molar-refractivity contribution in [3.8, 4) is 0 Å². The van der Waals surface area contributed by atoms with Gasteiger partial charge in [-0.25, -0.2) is 14.4 Å². The third-order valence-corrected chi connectivity index (χ3v) is 5.19. The number of amides is 3. The van der Waals surface area contributed by atoms with E-state index in [1.54, 1.807) is 4.90 Å². The lowest BCUT2D eigenvalue weighted by Crippen LogP contribution is -2.34. The monoisotopic (exact) mass is 390 g/mol. The topological polar surface area (TPSA) is 109 Å². The number of anilines is 2. The molecule has 150 valence electrons. The molecule has 0 bridgehead atoms. The summed E-state index contributed by atoms with van der Waals surface area (Å²) in [5, 5.41) is 5.35. The van der Waals surface area contributed by atoms with Gasteiger partial charge in [0.2, 0.25) is 0 Å². The van der Waals surface area contributed by atoms with E-state index in [0.717, 1.165) is 16.9 Å². The third-order valence-electron chi connectivity index (χ3n) is 5.19. The van der Waals surface area contributed by atoms with Crippen LogP contribution in [0.1, 0.15) is 5.56 Å². The summed E-state index contributed by atoms with van der Waals surface area (Å²) in [6, 6.07) is 5.76. The van der Waals surface area contributed by atoms with Gasteiger partial charge >= 0.3 is 18.3 Å². The largest absolute Gasteiger partial charge is 0.453 e. The van der Waals surface area contributed by atoms with E-state index in [1.165, 1.54) is 7.11 Å². The number of fused-ring (bicyclic) bond motifs is 1. The number of carbonyl (C=O) groups excluding carboxylic acids is 3. The molecule has 3 saturated heterocycles. The summed E-state index contributed by atoms with van der Waals surface area (Å²) in [7, 11) is 1.28. The standard InChI is InChI=1S/C18H22N4O6/c1-10-5-11(22-7-12(27-18(22)25)6-19-16(23)26-2)3-4-14(10)21-8-13-15(9-21)28-17(24)20-13/h3-5,12-13,15H,6-9H2,1-2H3,(H,19,23)(H,20,24)/t12-,13+,15-/m0/s1. The summed E-state index contributed by atoms with van der Waals surface area (Å²) in [5.41, 5.74) is 2.77. The molecule has 3 heterocycles. The molecule has 1 aromatic rings. The second-order valence-electron chi connectivity index (χ2n) is 7.06. The molecule has 3 aliphatic heterocycles. The molecule has 0 unspecified atom stereocenters. The number of rotatable bonds is 4. The molecule has 28 heavy (non-hydrogen) atoms. The molecule has 3 amide bonds. The van der Waals surface area contributed by atoms with Crippen molar-refractivity contribution in [2.24, 2.45) is 0 Å². The Bertz CT molecular complexity index is 799. The van der Waals surface area contributed by atoms with Gasteiger partial charge in [0.25, 0.3) is 0 Å². The number of nitrogens with zero attached hydrogens (tertiary/aromatic N) is 2. The zero-order valence-electron chi connectivity index (χ0n) is 15.6. The van der Waals surface area contributed by atoms with Crippen LogP contribution in [-0.2, 0) is 14.2 Å². The molecule has 3 aliphatic rings. The van der Waals surface area contributed by atoms with Crippen molar-refractivity contribution >= 4 is 29.7 Å². The molecule has 0 aliphatic carbocycles. The number of nitrogens with one attached hydrogen (secondary N) is 2. The molecule has 1 aromatic carbocycles. The van der Waals surface area contributed by atoms with Crippen LogP contribution in [0.3, 0.4) is 0 Å². The smallest absolute Gasteiger partial charge is 0.414 e. The maximum Gasteiger partial charge on any atom is 0.414 e. The van der Waals surface area contributed by atoms with Gasteiger partial charge in [-0.05, 0) is 30.7 Å². The Labute approximate surface area is 161 Å². The molecule has 3 fully saturated rings. The highest BCUT2D eigenvalue weighted by Gasteiger charge is 2.42. The van der Waals surface area contributed by atoms with Crippen LogP contribution in [0, 0.1) is 6.92 Å². The molecule has 3 atom stereocenters. The average molecular weight is 390 g/mol. The molecule has 2 N–H and O–H groups in total. The second kappa shape index (κ2) is 7.10. The highest BCUT2D eigenvalue weighted by atomic mass is 16.6. The van der Waals surface area contributed by atoms with Gasteiger partial charge in [0.1, 0.15) is 12.2 Å². The van der Waals surface area contributed by atoms with Gasteiger partial charge in [0.15, 0.2) is 0 Å². The lowest BCUT2D eigenvalue weighted by atomic mass is 10.1. The SMILES string of the molecule is COC(=O)NC[C@H]1CN(c2ccc(N3C[C@@H]4OC(=O)N[C@@H]4C3)c(C)c2)C(=O)O1. The fraction of sp³-hybridized carbons (Fsp3) is 0.500. The Kier molecular flexibility index (Phi) is 4.62. The Morgan fingerprint density at radius 1 is 1.29 bits per heavy atom. The predicted molar refractivity (Wildman–Crippen MR) is 98.6 cm³/mol. The van der Waals surface area contributed by atoms with Crippen molar-refractivity contribution in [2.45, 2.75) is 25.2 Å². The average Bonchev–Trinajstić information content (AvgIpc) is 3.32. The number of carbonyl (C=O) groups is 3. The summed E-state index contributed by atoms with van der Waals surface area (Å²) >= 11 is 0. The maximum atomic E-state index is 12.2. The van der Waals surface area contributed by atoms with Crippen LogP contribution in [0.4, 0.5) is 25.8 Å². The van der Waals surface area contributed by atoms with Crippen LogP contribution in [0.2, 0.25) is 0 Å². The van der Waals surface area contributed by atoms with E-state index in [9.17, 15) is 14.4 Å². The van der Waals surface area contributed by atoms with Gasteiger partial charge in [-0.1, -0.05) is 0 Å². The van der Waals surface area contributed by atoms with Crippen LogP contribution >= 0.6 is 0 Å². The zero-order valence-corrected chi connectivity index (χ0v) is 15.6. The van der Waals surface area contributed by atoms with E-state index in [-0.39, 0.29) is 24.8 Å². The summed E-state index contributed by atoms with van der Waals surface area (Å²) in [5.74, 6) is 0. The maximum absolute atomic E-state index is 12.2. The van der Waals surface area contributed by atoms with Gasteiger partial charge in [0, 0.05) is 17.9 Å². The number of hydrogen-bond donors (Lipinski definition) is 2. The third kappa shape index (κ3) is 3.37. The van der Waals surface area contributed by atoms with Crippen molar-refractivity contribution < 1.29 is 28.6 Å². The first-order valence-corrected chi connectivity index (χ1v) is 9.07. The zero-order chi connectivity index (χ0) is 19.8. The van der Waals surface area contributed by atoms with Crippen molar-refractivity contribution in [2.75, 3.05) is 43.1 Å². The molecule has 0 aromatic heterocycles. The number of ether oxygens (including phenoxy) is 3. The first-order valence-electron chi connectivity index (χ1n) is 9.07. The van der Waals surface area contributed by atoms with Crippen LogP contribution in [0.25, 0.3) is 0 Å². The van der Waals surface area contributed by atoms with Gasteiger partial charge in [-0.2, -0.15) is 0 Å². The fourth-order valence-corrected chi connectivity index (χ4v) is 3.82. The van der Waals surface area contributed by atoms with Crippen LogP contribution in [0.5, 0.6) is 0 Å². The number of cyclic esters (lactones) is 1. The minimum absolute atomic E-state index is 0.00297. The van der Waals surface area contributed by atoms with Crippen molar-refractivity contribution in [1.29, 1.82) is 0 Å². The highest BCUT2D eigenvalue weighted by Crippen LogP contribution is 2.31. The summed E-state index contributed by atoms with van der Waals surface area (Å²) in [4.78, 5) is 38.4. The lowest BCUT2D eigenvalue weighted by molar-refractivity contribution is 0.132. The summed E-state index contributed by atoms with van der Waals surface area (Å²) in [6.45, 7) is 3.83. The molecule has 0 radical (unpaired) electrons. The molecular weight excluding hydrogens is 368 g/mol. The number of benzene rings is 1. The normalized spacial score (nSPS) is 25.9. The van der Waals surface area contributed by atoms with Crippen LogP contribution in [-0.4, -0.2) is 69.8 Å². The Morgan fingerprint density at radius 2 is 2.11 bits per heavy atom. The first-order chi connectivity index (χ1) is 13.4. The highest BCUT2D eigenvalue weighted by molar-refractivity contribution is 5.90. The van der Waals surface area contributed by atoms with E-state index < -0.39 is 18.3 Å². The minimum Gasteiger partial charge on any atom is -0.453 e. The number of hydrogen-bond acceptors (Lipinski definition) is 7. The molecule has 10 nitrogen and oxygen atoms in total. The lowest BCUT2D eigenvalue weighted by Gasteiger charge is -2.23. The predicted octanol–water partition coefficient (Wildman–Crippen LogP) is 0.973.